The lowest BCUT2D eigenvalue weighted by Gasteiger charge is -2.52. The number of nitrogens with zero attached hydrogens (tertiary/aromatic N) is 2. The van der Waals surface area contributed by atoms with Crippen molar-refractivity contribution >= 4 is 17.9 Å². The van der Waals surface area contributed by atoms with E-state index >= 15 is 0 Å². The summed E-state index contributed by atoms with van der Waals surface area (Å²) in [7, 11) is 0. The first kappa shape index (κ1) is 19.2. The molecule has 3 rings (SSSR count). The highest BCUT2D eigenvalue weighted by Gasteiger charge is 2.44. The molecule has 1 aliphatic carbocycles. The summed E-state index contributed by atoms with van der Waals surface area (Å²) in [6.07, 6.45) is 5.27. The molecular weight excluding hydrogens is 346 g/mol. The summed E-state index contributed by atoms with van der Waals surface area (Å²) in [4.78, 5) is 39.5. The van der Waals surface area contributed by atoms with Crippen LogP contribution in [-0.2, 0) is 11.3 Å². The number of carboxylic acid groups (broad SMARTS) is 1. The average molecular weight is 373 g/mol. The van der Waals surface area contributed by atoms with E-state index in [1.807, 2.05) is 9.80 Å². The molecule has 1 heterocycles. The smallest absolute Gasteiger partial charge is 0.335 e. The van der Waals surface area contributed by atoms with Gasteiger partial charge in [0.25, 0.3) is 0 Å². The Bertz CT molecular complexity index is 710. The topological polar surface area (TPSA) is 90.0 Å². The van der Waals surface area contributed by atoms with Crippen molar-refractivity contribution in [2.45, 2.75) is 51.1 Å². The molecule has 0 bridgehead atoms. The molecule has 0 aromatic heterocycles. The number of hydrogen-bond acceptors (Lipinski definition) is 3. The Labute approximate surface area is 159 Å². The van der Waals surface area contributed by atoms with E-state index in [1.165, 1.54) is 18.6 Å². The minimum Gasteiger partial charge on any atom is -0.478 e. The number of carbonyl (C=O) groups excluding carboxylic acids is 2. The normalized spacial score (nSPS) is 19.0. The van der Waals surface area contributed by atoms with Crippen LogP contribution >= 0.6 is 0 Å². The van der Waals surface area contributed by atoms with Crippen LogP contribution in [-0.4, -0.2) is 58.0 Å². The lowest BCUT2D eigenvalue weighted by Crippen LogP contribution is -2.65. The van der Waals surface area contributed by atoms with Crippen LogP contribution in [0.15, 0.2) is 24.3 Å². The molecule has 1 saturated carbocycles. The van der Waals surface area contributed by atoms with Gasteiger partial charge in [0.1, 0.15) is 0 Å². The van der Waals surface area contributed by atoms with Crippen molar-refractivity contribution in [3.8, 4) is 0 Å². The molecule has 1 aromatic rings. The SMILES string of the molecule is CC(=O)N1CCN(C(=O)NCc2ccc(C(=O)O)cc2)CC12CCCCC2. The summed E-state index contributed by atoms with van der Waals surface area (Å²) < 4.78 is 0. The third-order valence-corrected chi connectivity index (χ3v) is 5.75. The number of rotatable bonds is 3. The zero-order valence-corrected chi connectivity index (χ0v) is 15.7. The number of hydrogen-bond donors (Lipinski definition) is 2. The highest BCUT2D eigenvalue weighted by molar-refractivity contribution is 5.87. The predicted molar refractivity (Wildman–Crippen MR) is 100 cm³/mol. The van der Waals surface area contributed by atoms with Crippen molar-refractivity contribution in [1.82, 2.24) is 15.1 Å². The molecule has 1 aliphatic heterocycles. The standard InChI is InChI=1S/C20H27N3O4/c1-15(24)23-12-11-22(14-20(23)9-3-2-4-10-20)19(27)21-13-16-5-7-17(8-6-16)18(25)26/h5-8H,2-4,9-14H2,1H3,(H,21,27)(H,25,26). The van der Waals surface area contributed by atoms with Crippen molar-refractivity contribution in [1.29, 1.82) is 0 Å². The maximum Gasteiger partial charge on any atom is 0.335 e. The van der Waals surface area contributed by atoms with Crippen molar-refractivity contribution in [3.63, 3.8) is 0 Å². The molecule has 1 saturated heterocycles. The summed E-state index contributed by atoms with van der Waals surface area (Å²) in [5, 5.41) is 11.9. The van der Waals surface area contributed by atoms with E-state index in [0.717, 1.165) is 31.2 Å². The van der Waals surface area contributed by atoms with Crippen molar-refractivity contribution in [2.24, 2.45) is 0 Å². The number of piperazine rings is 1. The highest BCUT2D eigenvalue weighted by atomic mass is 16.4. The van der Waals surface area contributed by atoms with E-state index < -0.39 is 5.97 Å². The van der Waals surface area contributed by atoms with E-state index in [4.69, 9.17) is 5.11 Å². The summed E-state index contributed by atoms with van der Waals surface area (Å²) in [6.45, 7) is 3.66. The quantitative estimate of drug-likeness (QED) is 0.852. The van der Waals surface area contributed by atoms with Crippen LogP contribution < -0.4 is 5.32 Å². The summed E-state index contributed by atoms with van der Waals surface area (Å²) in [5.41, 5.74) is 0.857. The van der Waals surface area contributed by atoms with E-state index in [-0.39, 0.29) is 23.0 Å². The number of amides is 3. The lowest BCUT2D eigenvalue weighted by molar-refractivity contribution is -0.141. The molecule has 146 valence electrons. The van der Waals surface area contributed by atoms with Gasteiger partial charge in [-0.1, -0.05) is 31.4 Å². The maximum absolute atomic E-state index is 12.7. The van der Waals surface area contributed by atoms with Crippen LogP contribution in [0.4, 0.5) is 4.79 Å². The number of carboxylic acids is 1. The number of urea groups is 1. The lowest BCUT2D eigenvalue weighted by atomic mass is 9.78. The molecule has 2 fully saturated rings. The molecule has 2 aliphatic rings. The first-order chi connectivity index (χ1) is 12.9. The van der Waals surface area contributed by atoms with E-state index in [1.54, 1.807) is 19.1 Å². The molecular formula is C20H27N3O4. The molecule has 7 nitrogen and oxygen atoms in total. The molecule has 27 heavy (non-hydrogen) atoms. The van der Waals surface area contributed by atoms with Gasteiger partial charge < -0.3 is 20.2 Å². The summed E-state index contributed by atoms with van der Waals surface area (Å²) >= 11 is 0. The van der Waals surface area contributed by atoms with E-state index in [0.29, 0.717) is 26.2 Å². The van der Waals surface area contributed by atoms with Gasteiger partial charge in [-0.05, 0) is 30.5 Å². The molecule has 0 radical (unpaired) electrons. The van der Waals surface area contributed by atoms with Crippen LogP contribution in [0.25, 0.3) is 0 Å². The Kier molecular flexibility index (Phi) is 5.68. The van der Waals surface area contributed by atoms with E-state index in [9.17, 15) is 14.4 Å². The largest absolute Gasteiger partial charge is 0.478 e. The molecule has 2 N–H and O–H groups in total. The molecule has 7 heteroatoms. The number of aromatic carboxylic acids is 1. The van der Waals surface area contributed by atoms with Gasteiger partial charge >= 0.3 is 12.0 Å². The van der Waals surface area contributed by atoms with Gasteiger partial charge in [0, 0.05) is 33.1 Å². The van der Waals surface area contributed by atoms with Crippen molar-refractivity contribution in [2.75, 3.05) is 19.6 Å². The Morgan fingerprint density at radius 1 is 1.07 bits per heavy atom. The minimum atomic E-state index is -0.966. The fraction of sp³-hybridized carbons (Fsp3) is 0.550. The van der Waals surface area contributed by atoms with Crippen LogP contribution in [0, 0.1) is 0 Å². The second-order valence-corrected chi connectivity index (χ2v) is 7.54. The fourth-order valence-electron chi connectivity index (χ4n) is 4.33. The molecule has 1 spiro atoms. The van der Waals surface area contributed by atoms with Crippen LogP contribution in [0.1, 0.15) is 54.9 Å². The minimum absolute atomic E-state index is 0.0930. The van der Waals surface area contributed by atoms with Crippen LogP contribution in [0.2, 0.25) is 0 Å². The number of nitrogens with one attached hydrogen (secondary N) is 1. The highest BCUT2D eigenvalue weighted by Crippen LogP contribution is 2.36. The summed E-state index contributed by atoms with van der Waals surface area (Å²) in [5.74, 6) is -0.873. The monoisotopic (exact) mass is 373 g/mol. The van der Waals surface area contributed by atoms with Gasteiger partial charge in [0.05, 0.1) is 11.1 Å². The molecule has 0 atom stereocenters. The third kappa shape index (κ3) is 4.23. The Morgan fingerprint density at radius 3 is 2.33 bits per heavy atom. The molecule has 0 unspecified atom stereocenters. The van der Waals surface area contributed by atoms with Crippen LogP contribution in [0.5, 0.6) is 0 Å². The first-order valence-electron chi connectivity index (χ1n) is 9.54. The second kappa shape index (κ2) is 7.98. The number of benzene rings is 1. The maximum atomic E-state index is 12.7. The average Bonchev–Trinajstić information content (AvgIpc) is 2.66. The van der Waals surface area contributed by atoms with E-state index in [2.05, 4.69) is 5.32 Å². The van der Waals surface area contributed by atoms with Gasteiger partial charge in [0.2, 0.25) is 5.91 Å². The fourth-order valence-corrected chi connectivity index (χ4v) is 4.33. The van der Waals surface area contributed by atoms with Gasteiger partial charge in [0.15, 0.2) is 0 Å². The first-order valence-corrected chi connectivity index (χ1v) is 9.54. The summed E-state index contributed by atoms with van der Waals surface area (Å²) in [6, 6.07) is 6.35. The Morgan fingerprint density at radius 2 is 1.74 bits per heavy atom. The second-order valence-electron chi connectivity index (χ2n) is 7.54. The van der Waals surface area contributed by atoms with Gasteiger partial charge in [-0.3, -0.25) is 4.79 Å². The third-order valence-electron chi connectivity index (χ3n) is 5.75. The Balaban J connectivity index is 1.61. The van der Waals surface area contributed by atoms with Gasteiger partial charge in [-0.2, -0.15) is 0 Å². The van der Waals surface area contributed by atoms with Crippen molar-refractivity contribution in [3.05, 3.63) is 35.4 Å². The zero-order chi connectivity index (χ0) is 19.4. The van der Waals surface area contributed by atoms with Gasteiger partial charge in [-0.25, -0.2) is 9.59 Å². The molecule has 1 aromatic carbocycles. The van der Waals surface area contributed by atoms with Crippen LogP contribution in [0.3, 0.4) is 0 Å². The molecule has 3 amide bonds. The number of carbonyl (C=O) groups is 3. The Hall–Kier alpha value is -2.57. The zero-order valence-electron chi connectivity index (χ0n) is 15.7. The predicted octanol–water partition coefficient (Wildman–Crippen LogP) is 2.46. The van der Waals surface area contributed by atoms with Crippen molar-refractivity contribution < 1.29 is 19.5 Å². The van der Waals surface area contributed by atoms with Gasteiger partial charge in [-0.15, -0.1) is 0 Å².